The number of amides is 1. The lowest BCUT2D eigenvalue weighted by molar-refractivity contribution is -0.159. The van der Waals surface area contributed by atoms with Crippen molar-refractivity contribution in [3.8, 4) is 11.5 Å². The first-order valence-electron chi connectivity index (χ1n) is 11.0. The first-order valence-corrected chi connectivity index (χ1v) is 11.0. The van der Waals surface area contributed by atoms with Gasteiger partial charge in [-0.2, -0.15) is 0 Å². The number of piperidine rings is 2. The van der Waals surface area contributed by atoms with Crippen LogP contribution < -0.4 is 14.8 Å². The molecule has 0 aliphatic carbocycles. The van der Waals surface area contributed by atoms with Crippen LogP contribution in [0.2, 0.25) is 0 Å². The predicted octanol–water partition coefficient (Wildman–Crippen LogP) is 1.50. The minimum Gasteiger partial charge on any atom is -0.486 e. The molecule has 0 bridgehead atoms. The highest BCUT2D eigenvalue weighted by Crippen LogP contribution is 2.32. The van der Waals surface area contributed by atoms with E-state index in [1.807, 2.05) is 18.2 Å². The lowest BCUT2D eigenvalue weighted by Crippen LogP contribution is -2.48. The van der Waals surface area contributed by atoms with Crippen LogP contribution in [0, 0.1) is 0 Å². The van der Waals surface area contributed by atoms with Gasteiger partial charge in [-0.3, -0.25) is 9.69 Å². The van der Waals surface area contributed by atoms with Gasteiger partial charge in [-0.15, -0.1) is 0 Å². The highest BCUT2D eigenvalue weighted by atomic mass is 16.6. The van der Waals surface area contributed by atoms with Gasteiger partial charge in [-0.05, 0) is 50.9 Å². The van der Waals surface area contributed by atoms with Crippen molar-refractivity contribution >= 4 is 23.5 Å². The van der Waals surface area contributed by atoms with E-state index < -0.39 is 11.9 Å². The van der Waals surface area contributed by atoms with Gasteiger partial charge >= 0.3 is 11.9 Å². The molecular weight excluding hydrogens is 418 g/mol. The van der Waals surface area contributed by atoms with Crippen LogP contribution in [-0.4, -0.2) is 89.8 Å². The van der Waals surface area contributed by atoms with Crippen molar-refractivity contribution in [3.05, 3.63) is 18.2 Å². The van der Waals surface area contributed by atoms with Crippen LogP contribution in [0.1, 0.15) is 32.1 Å². The summed E-state index contributed by atoms with van der Waals surface area (Å²) in [6, 6.07) is 6.28. The number of nitrogens with zero attached hydrogens (tertiary/aromatic N) is 2. The van der Waals surface area contributed by atoms with Crippen LogP contribution in [-0.2, 0) is 14.4 Å². The average Bonchev–Trinajstić information content (AvgIpc) is 2.80. The molecule has 0 aromatic heterocycles. The van der Waals surface area contributed by atoms with E-state index in [2.05, 4.69) is 15.1 Å². The number of anilines is 1. The van der Waals surface area contributed by atoms with Gasteiger partial charge in [0.15, 0.2) is 11.5 Å². The maximum Gasteiger partial charge on any atom is 0.414 e. The Bertz CT molecular complexity index is 791. The smallest absolute Gasteiger partial charge is 0.414 e. The predicted molar refractivity (Wildman–Crippen MR) is 116 cm³/mol. The zero-order valence-electron chi connectivity index (χ0n) is 18.1. The third-order valence-corrected chi connectivity index (χ3v) is 5.84. The summed E-state index contributed by atoms with van der Waals surface area (Å²) < 4.78 is 11.1. The van der Waals surface area contributed by atoms with Crippen molar-refractivity contribution in [2.24, 2.45) is 0 Å². The molecule has 0 saturated carbocycles. The van der Waals surface area contributed by atoms with E-state index >= 15 is 0 Å². The van der Waals surface area contributed by atoms with Crippen LogP contribution >= 0.6 is 0 Å². The SMILES string of the molecule is O=C(CN1CCC(N2CCCCC2)CC1)Nc1ccc2c(c1)OCCO2.O=C(O)C(=O)O. The highest BCUT2D eigenvalue weighted by molar-refractivity contribution is 6.27. The Hall–Kier alpha value is -2.85. The summed E-state index contributed by atoms with van der Waals surface area (Å²) in [4.78, 5) is 35.5. The Morgan fingerprint density at radius 3 is 2.16 bits per heavy atom. The molecule has 2 fully saturated rings. The summed E-state index contributed by atoms with van der Waals surface area (Å²) in [5, 5.41) is 17.8. The number of hydrogen-bond donors (Lipinski definition) is 3. The Labute approximate surface area is 187 Å². The molecule has 0 atom stereocenters. The lowest BCUT2D eigenvalue weighted by atomic mass is 10.00. The molecule has 4 rings (SSSR count). The number of nitrogens with one attached hydrogen (secondary N) is 1. The Morgan fingerprint density at radius 1 is 0.906 bits per heavy atom. The summed E-state index contributed by atoms with van der Waals surface area (Å²) in [7, 11) is 0. The molecule has 0 radical (unpaired) electrons. The molecule has 3 aliphatic heterocycles. The number of likely N-dealkylation sites (tertiary alicyclic amines) is 2. The second kappa shape index (κ2) is 11.7. The van der Waals surface area contributed by atoms with Gasteiger partial charge in [0.2, 0.25) is 5.91 Å². The first-order chi connectivity index (χ1) is 15.4. The zero-order valence-corrected chi connectivity index (χ0v) is 18.1. The molecule has 1 amide bonds. The first kappa shape index (κ1) is 23.8. The summed E-state index contributed by atoms with van der Waals surface area (Å²) >= 11 is 0. The van der Waals surface area contributed by atoms with Gasteiger partial charge in [0.05, 0.1) is 6.54 Å². The summed E-state index contributed by atoms with van der Waals surface area (Å²) in [6.07, 6.45) is 6.43. The Kier molecular flexibility index (Phi) is 8.69. The van der Waals surface area contributed by atoms with Crippen molar-refractivity contribution in [2.45, 2.75) is 38.1 Å². The number of carboxylic acid groups (broad SMARTS) is 2. The van der Waals surface area contributed by atoms with E-state index in [1.165, 1.54) is 45.2 Å². The van der Waals surface area contributed by atoms with Crippen molar-refractivity contribution < 1.29 is 34.1 Å². The molecule has 0 unspecified atom stereocenters. The fourth-order valence-corrected chi connectivity index (χ4v) is 4.25. The second-order valence-electron chi connectivity index (χ2n) is 8.12. The van der Waals surface area contributed by atoms with Gasteiger partial charge in [-0.25, -0.2) is 9.59 Å². The second-order valence-corrected chi connectivity index (χ2v) is 8.12. The van der Waals surface area contributed by atoms with Gasteiger partial charge in [0, 0.05) is 30.9 Å². The van der Waals surface area contributed by atoms with Gasteiger partial charge in [-0.1, -0.05) is 6.42 Å². The van der Waals surface area contributed by atoms with Crippen molar-refractivity contribution in [1.29, 1.82) is 0 Å². The minimum atomic E-state index is -1.82. The summed E-state index contributed by atoms with van der Waals surface area (Å²) in [6.45, 7) is 6.12. The number of hydrogen-bond acceptors (Lipinski definition) is 7. The van der Waals surface area contributed by atoms with Crippen LogP contribution in [0.15, 0.2) is 18.2 Å². The molecule has 3 heterocycles. The number of benzene rings is 1. The Morgan fingerprint density at radius 2 is 1.53 bits per heavy atom. The van der Waals surface area contributed by atoms with Crippen LogP contribution in [0.5, 0.6) is 11.5 Å². The molecule has 0 spiro atoms. The maximum absolute atomic E-state index is 12.4. The van der Waals surface area contributed by atoms with E-state index in [9.17, 15) is 4.79 Å². The fourth-order valence-electron chi connectivity index (χ4n) is 4.25. The molecule has 1 aromatic rings. The number of rotatable bonds is 4. The van der Waals surface area contributed by atoms with E-state index in [4.69, 9.17) is 29.3 Å². The summed E-state index contributed by atoms with van der Waals surface area (Å²) in [5.41, 5.74) is 0.766. The number of ether oxygens (including phenoxy) is 2. The molecule has 2 saturated heterocycles. The number of carbonyl (C=O) groups is 3. The topological polar surface area (TPSA) is 129 Å². The van der Waals surface area contributed by atoms with E-state index in [0.717, 1.165) is 24.5 Å². The number of carboxylic acids is 2. The Balaban J connectivity index is 0.000000427. The number of aliphatic carboxylic acids is 2. The normalized spacial score (nSPS) is 19.4. The van der Waals surface area contributed by atoms with Crippen molar-refractivity contribution in [2.75, 3.05) is 51.3 Å². The van der Waals surface area contributed by atoms with Gasteiger partial charge in [0.25, 0.3) is 0 Å². The standard InChI is InChI=1S/C20H29N3O3.C2H2O4/c24-20(21-16-4-5-18-19(14-16)26-13-12-25-18)15-22-10-6-17(7-11-22)23-8-2-1-3-9-23;3-1(4)2(5)6/h4-5,14,17H,1-3,6-13,15H2,(H,21,24);(H,3,4)(H,5,6). The third-order valence-electron chi connectivity index (χ3n) is 5.84. The van der Waals surface area contributed by atoms with E-state index in [0.29, 0.717) is 31.5 Å². The van der Waals surface area contributed by atoms with Crippen molar-refractivity contribution in [1.82, 2.24) is 9.80 Å². The fraction of sp³-hybridized carbons (Fsp3) is 0.591. The molecule has 3 N–H and O–H groups in total. The molecule has 10 nitrogen and oxygen atoms in total. The molecule has 176 valence electrons. The molecule has 32 heavy (non-hydrogen) atoms. The van der Waals surface area contributed by atoms with Gasteiger partial charge in [0.1, 0.15) is 13.2 Å². The third kappa shape index (κ3) is 7.10. The van der Waals surface area contributed by atoms with Crippen molar-refractivity contribution in [3.63, 3.8) is 0 Å². The monoisotopic (exact) mass is 449 g/mol. The minimum absolute atomic E-state index is 0.0399. The number of fused-ring (bicyclic) bond motifs is 1. The summed E-state index contributed by atoms with van der Waals surface area (Å²) in [5.74, 6) is -2.16. The average molecular weight is 450 g/mol. The lowest BCUT2D eigenvalue weighted by Gasteiger charge is -2.40. The quantitative estimate of drug-likeness (QED) is 0.586. The van der Waals surface area contributed by atoms with Crippen LogP contribution in [0.3, 0.4) is 0 Å². The molecule has 10 heteroatoms. The zero-order chi connectivity index (χ0) is 22.9. The molecular formula is C22H31N3O7. The van der Waals surface area contributed by atoms with Crippen LogP contribution in [0.25, 0.3) is 0 Å². The van der Waals surface area contributed by atoms with Crippen LogP contribution in [0.4, 0.5) is 5.69 Å². The largest absolute Gasteiger partial charge is 0.486 e. The van der Waals surface area contributed by atoms with E-state index in [1.54, 1.807) is 0 Å². The molecule has 1 aromatic carbocycles. The van der Waals surface area contributed by atoms with E-state index in [-0.39, 0.29) is 5.91 Å². The number of carbonyl (C=O) groups excluding carboxylic acids is 1. The molecule has 3 aliphatic rings. The maximum atomic E-state index is 12.4. The van der Waals surface area contributed by atoms with Gasteiger partial charge < -0.3 is 29.9 Å². The highest BCUT2D eigenvalue weighted by Gasteiger charge is 2.26.